The summed E-state index contributed by atoms with van der Waals surface area (Å²) in [7, 11) is 0. The lowest BCUT2D eigenvalue weighted by Crippen LogP contribution is -2.52. The Morgan fingerprint density at radius 3 is 2.38 bits per heavy atom. The van der Waals surface area contributed by atoms with Gasteiger partial charge in [0.25, 0.3) is 0 Å². The van der Waals surface area contributed by atoms with E-state index in [2.05, 4.69) is 19.2 Å². The zero-order chi connectivity index (χ0) is 9.47. The first-order chi connectivity index (χ1) is 6.15. The maximum absolute atomic E-state index is 9.38. The first-order valence-electron chi connectivity index (χ1n) is 5.54. The van der Waals surface area contributed by atoms with Crippen LogP contribution in [0.2, 0.25) is 0 Å². The lowest BCUT2D eigenvalue weighted by Gasteiger charge is -2.32. The van der Waals surface area contributed by atoms with Gasteiger partial charge in [-0.15, -0.1) is 0 Å². The van der Waals surface area contributed by atoms with Crippen LogP contribution in [0, 0.1) is 11.8 Å². The highest BCUT2D eigenvalue weighted by molar-refractivity contribution is 5.00. The average Bonchev–Trinajstić information content (AvgIpc) is 2.90. The Labute approximate surface area is 80.7 Å². The Kier molecular flexibility index (Phi) is 2.37. The average molecular weight is 183 g/mol. The summed E-state index contributed by atoms with van der Waals surface area (Å²) >= 11 is 0. The van der Waals surface area contributed by atoms with Crippen LogP contribution >= 0.6 is 0 Å². The molecule has 2 fully saturated rings. The SMILES string of the molecule is CC(NC(C)(CO)C1CC1)C1CC1. The molecule has 0 radical (unpaired) electrons. The molecular formula is C11H21NO. The third kappa shape index (κ3) is 2.05. The van der Waals surface area contributed by atoms with Gasteiger partial charge in [0.15, 0.2) is 0 Å². The summed E-state index contributed by atoms with van der Waals surface area (Å²) in [5.74, 6) is 1.60. The van der Waals surface area contributed by atoms with Gasteiger partial charge in [0, 0.05) is 11.6 Å². The molecule has 2 aliphatic rings. The molecule has 0 spiro atoms. The highest BCUT2D eigenvalue weighted by atomic mass is 16.3. The van der Waals surface area contributed by atoms with Gasteiger partial charge in [-0.25, -0.2) is 0 Å². The molecule has 0 aromatic heterocycles. The monoisotopic (exact) mass is 183 g/mol. The molecule has 2 heteroatoms. The highest BCUT2D eigenvalue weighted by Gasteiger charge is 2.43. The molecule has 2 atom stereocenters. The molecule has 0 bridgehead atoms. The largest absolute Gasteiger partial charge is 0.394 e. The van der Waals surface area contributed by atoms with Crippen molar-refractivity contribution in [2.45, 2.75) is 51.1 Å². The summed E-state index contributed by atoms with van der Waals surface area (Å²) in [5.41, 5.74) is 0.00199. The topological polar surface area (TPSA) is 32.3 Å². The van der Waals surface area contributed by atoms with Gasteiger partial charge in [-0.2, -0.15) is 0 Å². The summed E-state index contributed by atoms with van der Waals surface area (Å²) < 4.78 is 0. The Balaban J connectivity index is 1.87. The fraction of sp³-hybridized carbons (Fsp3) is 1.00. The van der Waals surface area contributed by atoms with Crippen molar-refractivity contribution in [3.05, 3.63) is 0 Å². The van der Waals surface area contributed by atoms with E-state index in [0.717, 1.165) is 11.8 Å². The van der Waals surface area contributed by atoms with Crippen LogP contribution in [-0.4, -0.2) is 23.3 Å². The quantitative estimate of drug-likeness (QED) is 0.677. The maximum Gasteiger partial charge on any atom is 0.0613 e. The van der Waals surface area contributed by atoms with E-state index in [-0.39, 0.29) is 12.1 Å². The van der Waals surface area contributed by atoms with E-state index in [1.165, 1.54) is 25.7 Å². The standard InChI is InChI=1S/C11H21NO/c1-8(9-3-4-9)12-11(2,7-13)10-5-6-10/h8-10,12-13H,3-7H2,1-2H3. The Morgan fingerprint density at radius 2 is 2.00 bits per heavy atom. The van der Waals surface area contributed by atoms with Crippen LogP contribution in [0.1, 0.15) is 39.5 Å². The second kappa shape index (κ2) is 3.25. The summed E-state index contributed by atoms with van der Waals surface area (Å²) in [6, 6.07) is 0.595. The van der Waals surface area contributed by atoms with E-state index in [1.807, 2.05) is 0 Å². The summed E-state index contributed by atoms with van der Waals surface area (Å²) in [5, 5.41) is 13.0. The van der Waals surface area contributed by atoms with Gasteiger partial charge in [0.05, 0.1) is 6.61 Å². The van der Waals surface area contributed by atoms with Crippen molar-refractivity contribution >= 4 is 0 Å². The van der Waals surface area contributed by atoms with E-state index < -0.39 is 0 Å². The van der Waals surface area contributed by atoms with Crippen molar-refractivity contribution in [2.75, 3.05) is 6.61 Å². The number of hydrogen-bond donors (Lipinski definition) is 2. The fourth-order valence-corrected chi connectivity index (χ4v) is 2.25. The van der Waals surface area contributed by atoms with Gasteiger partial charge in [-0.1, -0.05) is 0 Å². The van der Waals surface area contributed by atoms with Gasteiger partial charge in [-0.3, -0.25) is 0 Å². The summed E-state index contributed by atoms with van der Waals surface area (Å²) in [4.78, 5) is 0. The number of hydrogen-bond acceptors (Lipinski definition) is 2. The van der Waals surface area contributed by atoms with Crippen molar-refractivity contribution in [3.63, 3.8) is 0 Å². The Hall–Kier alpha value is -0.0800. The van der Waals surface area contributed by atoms with Crippen molar-refractivity contribution in [1.29, 1.82) is 0 Å². The number of aliphatic hydroxyl groups excluding tert-OH is 1. The molecule has 0 amide bonds. The summed E-state index contributed by atoms with van der Waals surface area (Å²) in [6.07, 6.45) is 5.34. The van der Waals surface area contributed by atoms with Gasteiger partial charge in [-0.05, 0) is 51.4 Å². The lowest BCUT2D eigenvalue weighted by molar-refractivity contribution is 0.140. The molecule has 0 saturated heterocycles. The van der Waals surface area contributed by atoms with E-state index in [0.29, 0.717) is 6.04 Å². The van der Waals surface area contributed by atoms with Crippen molar-refractivity contribution in [3.8, 4) is 0 Å². The first-order valence-corrected chi connectivity index (χ1v) is 5.54. The van der Waals surface area contributed by atoms with Crippen LogP contribution in [-0.2, 0) is 0 Å². The third-order valence-corrected chi connectivity index (χ3v) is 3.69. The smallest absolute Gasteiger partial charge is 0.0613 e. The Bertz CT molecular complexity index is 187. The minimum absolute atomic E-state index is 0.00199. The molecule has 2 nitrogen and oxygen atoms in total. The minimum Gasteiger partial charge on any atom is -0.394 e. The second-order valence-corrected chi connectivity index (χ2v) is 5.12. The van der Waals surface area contributed by atoms with Crippen LogP contribution in [0.25, 0.3) is 0 Å². The minimum atomic E-state index is 0.00199. The normalized spacial score (nSPS) is 29.8. The fourth-order valence-electron chi connectivity index (χ4n) is 2.25. The molecule has 0 aromatic carbocycles. The van der Waals surface area contributed by atoms with Crippen LogP contribution in [0.15, 0.2) is 0 Å². The lowest BCUT2D eigenvalue weighted by atomic mass is 9.95. The predicted molar refractivity (Wildman–Crippen MR) is 53.5 cm³/mol. The Morgan fingerprint density at radius 1 is 1.38 bits per heavy atom. The van der Waals surface area contributed by atoms with Crippen LogP contribution in [0.5, 0.6) is 0 Å². The summed E-state index contributed by atoms with van der Waals surface area (Å²) in [6.45, 7) is 4.71. The van der Waals surface area contributed by atoms with Crippen LogP contribution in [0.3, 0.4) is 0 Å². The number of rotatable bonds is 5. The van der Waals surface area contributed by atoms with Gasteiger partial charge in [0.1, 0.15) is 0 Å². The van der Waals surface area contributed by atoms with Crippen molar-refractivity contribution in [1.82, 2.24) is 5.32 Å². The van der Waals surface area contributed by atoms with Gasteiger partial charge < -0.3 is 10.4 Å². The highest BCUT2D eigenvalue weighted by Crippen LogP contribution is 2.41. The van der Waals surface area contributed by atoms with E-state index in [4.69, 9.17) is 0 Å². The van der Waals surface area contributed by atoms with Crippen LogP contribution in [0.4, 0.5) is 0 Å². The second-order valence-electron chi connectivity index (χ2n) is 5.12. The zero-order valence-electron chi connectivity index (χ0n) is 8.71. The first kappa shape index (κ1) is 9.47. The predicted octanol–water partition coefficient (Wildman–Crippen LogP) is 1.54. The molecular weight excluding hydrogens is 162 g/mol. The number of aliphatic hydroxyl groups is 1. The molecule has 0 aromatic rings. The molecule has 2 rings (SSSR count). The van der Waals surface area contributed by atoms with Gasteiger partial charge in [0.2, 0.25) is 0 Å². The van der Waals surface area contributed by atoms with Crippen molar-refractivity contribution < 1.29 is 5.11 Å². The molecule has 2 aliphatic carbocycles. The van der Waals surface area contributed by atoms with Crippen LogP contribution < -0.4 is 5.32 Å². The van der Waals surface area contributed by atoms with E-state index >= 15 is 0 Å². The molecule has 2 N–H and O–H groups in total. The molecule has 0 heterocycles. The molecule has 13 heavy (non-hydrogen) atoms. The van der Waals surface area contributed by atoms with E-state index in [9.17, 15) is 5.11 Å². The maximum atomic E-state index is 9.38. The molecule has 0 aliphatic heterocycles. The van der Waals surface area contributed by atoms with Gasteiger partial charge >= 0.3 is 0 Å². The molecule has 2 saturated carbocycles. The van der Waals surface area contributed by atoms with Crippen molar-refractivity contribution in [2.24, 2.45) is 11.8 Å². The van der Waals surface area contributed by atoms with E-state index in [1.54, 1.807) is 0 Å². The number of nitrogens with one attached hydrogen (secondary N) is 1. The molecule has 76 valence electrons. The molecule has 2 unspecified atom stereocenters. The zero-order valence-corrected chi connectivity index (χ0v) is 8.71. The third-order valence-electron chi connectivity index (χ3n) is 3.69.